The zero-order valence-corrected chi connectivity index (χ0v) is 14.6. The summed E-state index contributed by atoms with van der Waals surface area (Å²) in [6, 6.07) is 6.60. The van der Waals surface area contributed by atoms with Crippen molar-refractivity contribution in [3.8, 4) is 0 Å². The predicted octanol–water partition coefficient (Wildman–Crippen LogP) is 4.00. The molecule has 23 heavy (non-hydrogen) atoms. The summed E-state index contributed by atoms with van der Waals surface area (Å²) in [5.41, 5.74) is 0.523. The van der Waals surface area contributed by atoms with Gasteiger partial charge in [-0.05, 0) is 44.9 Å². The molecule has 1 aromatic rings. The summed E-state index contributed by atoms with van der Waals surface area (Å²) in [6.07, 6.45) is 2.74. The molecular formula is C18H29FN2O2. The third kappa shape index (κ3) is 9.18. The molecule has 1 rings (SSSR count). The van der Waals surface area contributed by atoms with Gasteiger partial charge in [0.25, 0.3) is 0 Å². The van der Waals surface area contributed by atoms with Crippen molar-refractivity contribution in [3.63, 3.8) is 0 Å². The minimum absolute atomic E-state index is 0.160. The SMILES string of the molecule is CCCCC(CNC(=O)OC(C)(C)C)NCc1ccc(F)cc1. The van der Waals surface area contributed by atoms with Crippen molar-refractivity contribution in [2.24, 2.45) is 0 Å². The first kappa shape index (κ1) is 19.4. The van der Waals surface area contributed by atoms with E-state index >= 15 is 0 Å². The number of carbonyl (C=O) groups is 1. The number of carbonyl (C=O) groups excluding carboxylic acids is 1. The Morgan fingerprint density at radius 1 is 1.26 bits per heavy atom. The second kappa shape index (κ2) is 9.50. The van der Waals surface area contributed by atoms with E-state index in [-0.39, 0.29) is 11.9 Å². The first-order valence-corrected chi connectivity index (χ1v) is 8.25. The number of nitrogens with one attached hydrogen (secondary N) is 2. The molecule has 5 heteroatoms. The third-order valence-corrected chi connectivity index (χ3v) is 3.31. The summed E-state index contributed by atoms with van der Waals surface area (Å²) >= 11 is 0. The number of unbranched alkanes of at least 4 members (excludes halogenated alkanes) is 1. The Kier molecular flexibility index (Phi) is 8.03. The Morgan fingerprint density at radius 3 is 2.48 bits per heavy atom. The number of amides is 1. The van der Waals surface area contributed by atoms with Gasteiger partial charge in [-0.15, -0.1) is 0 Å². The number of halogens is 1. The maximum Gasteiger partial charge on any atom is 0.407 e. The molecule has 0 bridgehead atoms. The topological polar surface area (TPSA) is 50.4 Å². The largest absolute Gasteiger partial charge is 0.444 e. The van der Waals surface area contributed by atoms with Gasteiger partial charge in [0.05, 0.1) is 0 Å². The molecule has 0 aromatic heterocycles. The lowest BCUT2D eigenvalue weighted by molar-refractivity contribution is 0.0521. The number of alkyl carbamates (subject to hydrolysis) is 1. The first-order valence-electron chi connectivity index (χ1n) is 8.25. The van der Waals surface area contributed by atoms with Gasteiger partial charge in [0, 0.05) is 19.1 Å². The summed E-state index contributed by atoms with van der Waals surface area (Å²) in [4.78, 5) is 11.7. The number of hydrogen-bond acceptors (Lipinski definition) is 3. The molecule has 0 fully saturated rings. The fourth-order valence-electron chi connectivity index (χ4n) is 2.11. The smallest absolute Gasteiger partial charge is 0.407 e. The molecule has 0 saturated carbocycles. The normalized spacial score (nSPS) is 12.7. The average molecular weight is 324 g/mol. The lowest BCUT2D eigenvalue weighted by Crippen LogP contribution is -2.42. The van der Waals surface area contributed by atoms with Crippen molar-refractivity contribution < 1.29 is 13.9 Å². The number of ether oxygens (including phenoxy) is 1. The van der Waals surface area contributed by atoms with Gasteiger partial charge in [-0.1, -0.05) is 31.9 Å². The van der Waals surface area contributed by atoms with Crippen LogP contribution in [0.25, 0.3) is 0 Å². The molecule has 0 aliphatic heterocycles. The highest BCUT2D eigenvalue weighted by molar-refractivity contribution is 5.67. The maximum absolute atomic E-state index is 12.9. The van der Waals surface area contributed by atoms with Gasteiger partial charge in [-0.25, -0.2) is 9.18 Å². The van der Waals surface area contributed by atoms with Crippen LogP contribution in [0.5, 0.6) is 0 Å². The maximum atomic E-state index is 12.9. The molecule has 1 amide bonds. The molecule has 0 saturated heterocycles. The molecule has 0 aliphatic rings. The third-order valence-electron chi connectivity index (χ3n) is 3.31. The zero-order valence-electron chi connectivity index (χ0n) is 14.6. The lowest BCUT2D eigenvalue weighted by atomic mass is 10.1. The number of benzene rings is 1. The van der Waals surface area contributed by atoms with Crippen LogP contribution < -0.4 is 10.6 Å². The molecule has 0 spiro atoms. The van der Waals surface area contributed by atoms with Crippen molar-refractivity contribution in [3.05, 3.63) is 35.6 Å². The zero-order chi connectivity index (χ0) is 17.3. The summed E-state index contributed by atoms with van der Waals surface area (Å²) in [7, 11) is 0. The molecule has 130 valence electrons. The monoisotopic (exact) mass is 324 g/mol. The molecule has 1 atom stereocenters. The highest BCUT2D eigenvalue weighted by Crippen LogP contribution is 2.08. The summed E-state index contributed by atoms with van der Waals surface area (Å²) in [6.45, 7) is 8.81. The van der Waals surface area contributed by atoms with Crippen LogP contribution in [0, 0.1) is 5.82 Å². The van der Waals surface area contributed by atoms with E-state index in [1.165, 1.54) is 12.1 Å². The van der Waals surface area contributed by atoms with E-state index < -0.39 is 11.7 Å². The first-order chi connectivity index (χ1) is 10.8. The van der Waals surface area contributed by atoms with E-state index in [9.17, 15) is 9.18 Å². The van der Waals surface area contributed by atoms with Crippen LogP contribution in [0.3, 0.4) is 0 Å². The molecule has 2 N–H and O–H groups in total. The van der Waals surface area contributed by atoms with Gasteiger partial charge in [0.2, 0.25) is 0 Å². The molecule has 4 nitrogen and oxygen atoms in total. The second-order valence-electron chi connectivity index (χ2n) is 6.73. The van der Waals surface area contributed by atoms with Gasteiger partial charge >= 0.3 is 6.09 Å². The van der Waals surface area contributed by atoms with Crippen LogP contribution in [-0.2, 0) is 11.3 Å². The van der Waals surface area contributed by atoms with Gasteiger partial charge in [-0.3, -0.25) is 0 Å². The predicted molar refractivity (Wildman–Crippen MR) is 90.8 cm³/mol. The minimum atomic E-state index is -0.495. The van der Waals surface area contributed by atoms with Crippen molar-refractivity contribution in [2.45, 2.75) is 65.1 Å². The Bertz CT molecular complexity index is 469. The van der Waals surface area contributed by atoms with Crippen LogP contribution in [-0.4, -0.2) is 24.3 Å². The van der Waals surface area contributed by atoms with Gasteiger partial charge < -0.3 is 15.4 Å². The van der Waals surface area contributed by atoms with E-state index in [4.69, 9.17) is 4.74 Å². The van der Waals surface area contributed by atoms with Crippen molar-refractivity contribution in [1.82, 2.24) is 10.6 Å². The molecule has 1 unspecified atom stereocenters. The van der Waals surface area contributed by atoms with Crippen LogP contribution in [0.4, 0.5) is 9.18 Å². The molecule has 1 aromatic carbocycles. The second-order valence-corrected chi connectivity index (χ2v) is 6.73. The van der Waals surface area contributed by atoms with Crippen LogP contribution >= 0.6 is 0 Å². The Morgan fingerprint density at radius 2 is 1.91 bits per heavy atom. The Labute approximate surface area is 138 Å². The molecule has 0 radical (unpaired) electrons. The van der Waals surface area contributed by atoms with Gasteiger partial charge in [0.1, 0.15) is 11.4 Å². The van der Waals surface area contributed by atoms with Crippen molar-refractivity contribution >= 4 is 6.09 Å². The highest BCUT2D eigenvalue weighted by atomic mass is 19.1. The summed E-state index contributed by atoms with van der Waals surface area (Å²) in [5, 5.41) is 6.23. The summed E-state index contributed by atoms with van der Waals surface area (Å²) in [5.74, 6) is -0.233. The van der Waals surface area contributed by atoms with Gasteiger partial charge in [0.15, 0.2) is 0 Å². The van der Waals surface area contributed by atoms with Crippen LogP contribution in [0.15, 0.2) is 24.3 Å². The van der Waals surface area contributed by atoms with E-state index in [1.807, 2.05) is 20.8 Å². The number of rotatable bonds is 8. The minimum Gasteiger partial charge on any atom is -0.444 e. The van der Waals surface area contributed by atoms with Crippen LogP contribution in [0.2, 0.25) is 0 Å². The number of hydrogen-bond donors (Lipinski definition) is 2. The average Bonchev–Trinajstić information content (AvgIpc) is 2.46. The van der Waals surface area contributed by atoms with E-state index in [0.29, 0.717) is 13.1 Å². The van der Waals surface area contributed by atoms with Gasteiger partial charge in [-0.2, -0.15) is 0 Å². The highest BCUT2D eigenvalue weighted by Gasteiger charge is 2.17. The molecule has 0 aliphatic carbocycles. The van der Waals surface area contributed by atoms with Crippen molar-refractivity contribution in [2.75, 3.05) is 6.54 Å². The Balaban J connectivity index is 2.45. The van der Waals surface area contributed by atoms with Crippen LogP contribution in [0.1, 0.15) is 52.5 Å². The Hall–Kier alpha value is -1.62. The standard InChI is InChI=1S/C18H29FN2O2/c1-5-6-7-16(13-21-17(22)23-18(2,3)4)20-12-14-8-10-15(19)11-9-14/h8-11,16,20H,5-7,12-13H2,1-4H3,(H,21,22). The molecular weight excluding hydrogens is 295 g/mol. The van der Waals surface area contributed by atoms with E-state index in [0.717, 1.165) is 24.8 Å². The summed E-state index contributed by atoms with van der Waals surface area (Å²) < 4.78 is 18.2. The fourth-order valence-corrected chi connectivity index (χ4v) is 2.11. The lowest BCUT2D eigenvalue weighted by Gasteiger charge is -2.22. The quantitative estimate of drug-likeness (QED) is 0.760. The van der Waals surface area contributed by atoms with E-state index in [2.05, 4.69) is 17.6 Å². The van der Waals surface area contributed by atoms with Crippen molar-refractivity contribution in [1.29, 1.82) is 0 Å². The fraction of sp³-hybridized carbons (Fsp3) is 0.611. The molecule has 0 heterocycles. The van der Waals surface area contributed by atoms with E-state index in [1.54, 1.807) is 12.1 Å².